The average molecular weight is 406 g/mol. The molecule has 2 aromatic heterocycles. The van der Waals surface area contributed by atoms with Crippen molar-refractivity contribution in [3.05, 3.63) is 71.9 Å². The first-order chi connectivity index (χ1) is 14.5. The molecule has 0 aliphatic carbocycles. The molecule has 154 valence electrons. The standard InChI is InChI=1S/C23H23FN4O2/c1-15-11-16(24)4-5-19(15)21-7-6-20(25)22(27-21)12-23(29)28-10-8-18(14-28)30-17-3-2-9-26-13-17/h2-7,9,11,13,18H,8,10,12,14,25H2,1H3/t18-/m1/s1. The number of aryl methyl sites for hydroxylation is 1. The van der Waals surface area contributed by atoms with Gasteiger partial charge in [-0.1, -0.05) is 0 Å². The summed E-state index contributed by atoms with van der Waals surface area (Å²) in [4.78, 5) is 23.3. The number of nitrogens with two attached hydrogens (primary N) is 1. The van der Waals surface area contributed by atoms with Gasteiger partial charge in [-0.25, -0.2) is 4.39 Å². The molecule has 0 radical (unpaired) electrons. The molecule has 1 aliphatic rings. The van der Waals surface area contributed by atoms with Crippen LogP contribution in [0.1, 0.15) is 17.7 Å². The average Bonchev–Trinajstić information content (AvgIpc) is 3.19. The number of amides is 1. The van der Waals surface area contributed by atoms with Crippen molar-refractivity contribution >= 4 is 11.6 Å². The summed E-state index contributed by atoms with van der Waals surface area (Å²) in [6.07, 6.45) is 4.17. The van der Waals surface area contributed by atoms with Gasteiger partial charge in [-0.15, -0.1) is 0 Å². The smallest absolute Gasteiger partial charge is 0.228 e. The van der Waals surface area contributed by atoms with Crippen LogP contribution in [0.2, 0.25) is 0 Å². The van der Waals surface area contributed by atoms with Gasteiger partial charge in [-0.05, 0) is 55.0 Å². The van der Waals surface area contributed by atoms with E-state index >= 15 is 0 Å². The van der Waals surface area contributed by atoms with E-state index in [1.54, 1.807) is 35.5 Å². The van der Waals surface area contributed by atoms with Crippen LogP contribution < -0.4 is 10.5 Å². The molecule has 1 amide bonds. The number of ether oxygens (including phenoxy) is 1. The lowest BCUT2D eigenvalue weighted by Crippen LogP contribution is -2.32. The third kappa shape index (κ3) is 4.40. The highest BCUT2D eigenvalue weighted by molar-refractivity contribution is 5.80. The number of halogens is 1. The maximum Gasteiger partial charge on any atom is 0.228 e. The number of aromatic nitrogens is 2. The molecule has 4 rings (SSSR count). The molecule has 6 nitrogen and oxygen atoms in total. The Bertz CT molecular complexity index is 1060. The van der Waals surface area contributed by atoms with E-state index in [9.17, 15) is 9.18 Å². The van der Waals surface area contributed by atoms with Crippen molar-refractivity contribution in [2.75, 3.05) is 18.8 Å². The van der Waals surface area contributed by atoms with E-state index in [-0.39, 0.29) is 24.2 Å². The monoisotopic (exact) mass is 406 g/mol. The Morgan fingerprint density at radius 3 is 2.93 bits per heavy atom. The summed E-state index contributed by atoms with van der Waals surface area (Å²) in [5.74, 6) is 0.365. The van der Waals surface area contributed by atoms with Gasteiger partial charge in [0.15, 0.2) is 0 Å². The second kappa shape index (κ2) is 8.49. The first kappa shape index (κ1) is 19.8. The SMILES string of the molecule is Cc1cc(F)ccc1-c1ccc(N)c(CC(=O)N2CC[C@@H](Oc3cccnc3)C2)n1. The molecule has 1 fully saturated rings. The van der Waals surface area contributed by atoms with Crippen LogP contribution in [0.15, 0.2) is 54.9 Å². The molecular weight excluding hydrogens is 383 g/mol. The summed E-state index contributed by atoms with van der Waals surface area (Å²) in [7, 11) is 0. The summed E-state index contributed by atoms with van der Waals surface area (Å²) in [6, 6.07) is 11.8. The number of hydrogen-bond donors (Lipinski definition) is 1. The Morgan fingerprint density at radius 1 is 1.30 bits per heavy atom. The number of hydrogen-bond acceptors (Lipinski definition) is 5. The zero-order chi connectivity index (χ0) is 21.1. The maximum absolute atomic E-state index is 13.4. The van der Waals surface area contributed by atoms with Crippen LogP contribution in [0.4, 0.5) is 10.1 Å². The third-order valence-electron chi connectivity index (χ3n) is 5.23. The lowest BCUT2D eigenvalue weighted by atomic mass is 10.0. The number of carbonyl (C=O) groups excluding carboxylic acids is 1. The van der Waals surface area contributed by atoms with Crippen LogP contribution in [0, 0.1) is 12.7 Å². The van der Waals surface area contributed by atoms with E-state index in [1.165, 1.54) is 12.1 Å². The first-order valence-corrected chi connectivity index (χ1v) is 9.86. The minimum absolute atomic E-state index is 0.0422. The Hall–Kier alpha value is -3.48. The predicted octanol–water partition coefficient (Wildman–Crippen LogP) is 3.40. The van der Waals surface area contributed by atoms with Gasteiger partial charge in [0, 0.05) is 24.7 Å². The van der Waals surface area contributed by atoms with Crippen molar-refractivity contribution in [1.29, 1.82) is 0 Å². The summed E-state index contributed by atoms with van der Waals surface area (Å²) >= 11 is 0. The third-order valence-corrected chi connectivity index (χ3v) is 5.23. The maximum atomic E-state index is 13.4. The molecule has 1 atom stereocenters. The van der Waals surface area contributed by atoms with Gasteiger partial charge in [0.05, 0.1) is 36.2 Å². The van der Waals surface area contributed by atoms with Gasteiger partial charge >= 0.3 is 0 Å². The van der Waals surface area contributed by atoms with Gasteiger partial charge in [0.1, 0.15) is 17.7 Å². The fraction of sp³-hybridized carbons (Fsp3) is 0.261. The van der Waals surface area contributed by atoms with Crippen molar-refractivity contribution < 1.29 is 13.9 Å². The summed E-state index contributed by atoms with van der Waals surface area (Å²) in [5.41, 5.74) is 9.34. The van der Waals surface area contributed by atoms with E-state index in [2.05, 4.69) is 9.97 Å². The van der Waals surface area contributed by atoms with Crippen molar-refractivity contribution in [2.45, 2.75) is 25.9 Å². The van der Waals surface area contributed by atoms with E-state index in [0.29, 0.717) is 35.9 Å². The first-order valence-electron chi connectivity index (χ1n) is 9.86. The number of benzene rings is 1. The second-order valence-electron chi connectivity index (χ2n) is 7.43. The molecule has 0 bridgehead atoms. The Labute approximate surface area is 174 Å². The van der Waals surface area contributed by atoms with E-state index in [0.717, 1.165) is 17.5 Å². The molecule has 3 aromatic rings. The predicted molar refractivity (Wildman–Crippen MR) is 112 cm³/mol. The van der Waals surface area contributed by atoms with Crippen molar-refractivity contribution in [1.82, 2.24) is 14.9 Å². The number of rotatable bonds is 5. The second-order valence-corrected chi connectivity index (χ2v) is 7.43. The van der Waals surface area contributed by atoms with Gasteiger partial charge in [0.25, 0.3) is 0 Å². The lowest BCUT2D eigenvalue weighted by Gasteiger charge is -2.18. The number of likely N-dealkylation sites (tertiary alicyclic amines) is 1. The number of nitrogens with zero attached hydrogens (tertiary/aromatic N) is 3. The molecular formula is C23H23FN4O2. The number of nitrogen functional groups attached to an aromatic ring is 1. The summed E-state index contributed by atoms with van der Waals surface area (Å²) < 4.78 is 19.3. The zero-order valence-corrected chi connectivity index (χ0v) is 16.7. The van der Waals surface area contributed by atoms with Crippen molar-refractivity contribution in [2.24, 2.45) is 0 Å². The molecule has 0 saturated carbocycles. The summed E-state index contributed by atoms with van der Waals surface area (Å²) in [6.45, 7) is 2.97. The zero-order valence-electron chi connectivity index (χ0n) is 16.7. The topological polar surface area (TPSA) is 81.3 Å². The Balaban J connectivity index is 1.44. The lowest BCUT2D eigenvalue weighted by molar-refractivity contribution is -0.129. The molecule has 2 N–H and O–H groups in total. The van der Waals surface area contributed by atoms with Crippen LogP contribution in [0.5, 0.6) is 5.75 Å². The highest BCUT2D eigenvalue weighted by Gasteiger charge is 2.28. The summed E-state index contributed by atoms with van der Waals surface area (Å²) in [5, 5.41) is 0. The molecule has 0 spiro atoms. The minimum atomic E-state index is -0.292. The molecule has 1 aliphatic heterocycles. The number of carbonyl (C=O) groups is 1. The van der Waals surface area contributed by atoms with Crippen LogP contribution >= 0.6 is 0 Å². The number of anilines is 1. The molecule has 30 heavy (non-hydrogen) atoms. The Morgan fingerprint density at radius 2 is 2.17 bits per heavy atom. The van der Waals surface area contributed by atoms with Gasteiger partial charge < -0.3 is 15.4 Å². The largest absolute Gasteiger partial charge is 0.487 e. The molecule has 7 heteroatoms. The van der Waals surface area contributed by atoms with Gasteiger partial charge in [0.2, 0.25) is 5.91 Å². The molecule has 3 heterocycles. The van der Waals surface area contributed by atoms with Crippen LogP contribution in [-0.4, -0.2) is 40.0 Å². The highest BCUT2D eigenvalue weighted by Crippen LogP contribution is 2.25. The van der Waals surface area contributed by atoms with Crippen molar-refractivity contribution in [3.63, 3.8) is 0 Å². The van der Waals surface area contributed by atoms with E-state index in [4.69, 9.17) is 10.5 Å². The van der Waals surface area contributed by atoms with E-state index in [1.807, 2.05) is 19.1 Å². The fourth-order valence-corrected chi connectivity index (χ4v) is 3.63. The highest BCUT2D eigenvalue weighted by atomic mass is 19.1. The minimum Gasteiger partial charge on any atom is -0.487 e. The van der Waals surface area contributed by atoms with Crippen molar-refractivity contribution in [3.8, 4) is 17.0 Å². The quantitative estimate of drug-likeness (QED) is 0.702. The van der Waals surface area contributed by atoms with Crippen LogP contribution in [0.25, 0.3) is 11.3 Å². The molecule has 1 saturated heterocycles. The fourth-order valence-electron chi connectivity index (χ4n) is 3.63. The van der Waals surface area contributed by atoms with Crippen LogP contribution in [0.3, 0.4) is 0 Å². The van der Waals surface area contributed by atoms with Gasteiger partial charge in [-0.2, -0.15) is 0 Å². The van der Waals surface area contributed by atoms with E-state index < -0.39 is 0 Å². The Kier molecular flexibility index (Phi) is 5.61. The molecule has 0 unspecified atom stereocenters. The van der Waals surface area contributed by atoms with Crippen LogP contribution in [-0.2, 0) is 11.2 Å². The number of pyridine rings is 2. The molecule has 1 aromatic carbocycles. The normalized spacial score (nSPS) is 15.9. The van der Waals surface area contributed by atoms with Gasteiger partial charge in [-0.3, -0.25) is 14.8 Å².